The summed E-state index contributed by atoms with van der Waals surface area (Å²) in [5.74, 6) is 1.66. The van der Waals surface area contributed by atoms with Gasteiger partial charge in [-0.3, -0.25) is 4.90 Å². The van der Waals surface area contributed by atoms with Crippen molar-refractivity contribution >= 4 is 22.6 Å². The van der Waals surface area contributed by atoms with Gasteiger partial charge in [0.15, 0.2) is 0 Å². The second kappa shape index (κ2) is 6.32. The summed E-state index contributed by atoms with van der Waals surface area (Å²) in [4.78, 5) is 2.71. The molecule has 3 heteroatoms. The fraction of sp³-hybridized carbons (Fsp3) is 0.647. The van der Waals surface area contributed by atoms with Gasteiger partial charge < -0.3 is 5.32 Å². The highest BCUT2D eigenvalue weighted by atomic mass is 127. The van der Waals surface area contributed by atoms with Crippen molar-refractivity contribution in [1.82, 2.24) is 10.2 Å². The molecule has 1 aliphatic carbocycles. The van der Waals surface area contributed by atoms with Crippen molar-refractivity contribution in [3.63, 3.8) is 0 Å². The highest BCUT2D eigenvalue weighted by Gasteiger charge is 2.37. The van der Waals surface area contributed by atoms with E-state index in [4.69, 9.17) is 0 Å². The number of piperazine rings is 1. The van der Waals surface area contributed by atoms with Gasteiger partial charge in [-0.25, -0.2) is 0 Å². The molecule has 2 fully saturated rings. The van der Waals surface area contributed by atoms with Crippen molar-refractivity contribution in [3.8, 4) is 0 Å². The minimum absolute atomic E-state index is 0.671. The number of nitrogens with zero attached hydrogens (tertiary/aromatic N) is 1. The molecule has 1 aliphatic heterocycles. The number of rotatable bonds is 4. The van der Waals surface area contributed by atoms with E-state index in [9.17, 15) is 0 Å². The van der Waals surface area contributed by atoms with E-state index in [0.29, 0.717) is 12.0 Å². The van der Waals surface area contributed by atoms with Crippen molar-refractivity contribution in [2.24, 2.45) is 11.8 Å². The Morgan fingerprint density at radius 2 is 1.95 bits per heavy atom. The average molecular weight is 384 g/mol. The Hall–Kier alpha value is -0.130. The molecule has 1 saturated carbocycles. The zero-order valence-corrected chi connectivity index (χ0v) is 14.6. The normalized spacial score (nSPS) is 28.0. The first-order valence-corrected chi connectivity index (χ1v) is 8.93. The molecule has 1 heterocycles. The van der Waals surface area contributed by atoms with E-state index in [1.165, 1.54) is 28.5 Å². The lowest BCUT2D eigenvalue weighted by molar-refractivity contribution is 0.0852. The van der Waals surface area contributed by atoms with Crippen LogP contribution in [0.1, 0.15) is 32.3 Å². The second-order valence-electron chi connectivity index (χ2n) is 6.72. The second-order valence-corrected chi connectivity index (χ2v) is 7.97. The van der Waals surface area contributed by atoms with Crippen molar-refractivity contribution in [3.05, 3.63) is 33.4 Å². The van der Waals surface area contributed by atoms with Gasteiger partial charge in [0.25, 0.3) is 0 Å². The minimum atomic E-state index is 0.671. The summed E-state index contributed by atoms with van der Waals surface area (Å²) in [7, 11) is 0. The SMILES string of the molecule is CC(C)C1CNC(C2CC2)CN1Cc1ccc(I)cc1. The Morgan fingerprint density at radius 1 is 1.25 bits per heavy atom. The van der Waals surface area contributed by atoms with E-state index in [1.54, 1.807) is 0 Å². The Labute approximate surface area is 136 Å². The monoisotopic (exact) mass is 384 g/mol. The molecule has 110 valence electrons. The minimum Gasteiger partial charge on any atom is -0.311 e. The molecule has 20 heavy (non-hydrogen) atoms. The van der Waals surface area contributed by atoms with Crippen molar-refractivity contribution in [1.29, 1.82) is 0 Å². The van der Waals surface area contributed by atoms with Crippen LogP contribution in [0.4, 0.5) is 0 Å². The predicted octanol–water partition coefficient (Wildman–Crippen LogP) is 3.50. The maximum absolute atomic E-state index is 3.79. The standard InChI is InChI=1S/C17H25IN2/c1-12(2)17-9-19-16(14-5-6-14)11-20(17)10-13-3-7-15(18)8-4-13/h3-4,7-8,12,14,16-17,19H,5-6,9-11H2,1-2H3. The summed E-state index contributed by atoms with van der Waals surface area (Å²) in [5.41, 5.74) is 1.45. The van der Waals surface area contributed by atoms with Crippen LogP contribution in [0.25, 0.3) is 0 Å². The lowest BCUT2D eigenvalue weighted by Crippen LogP contribution is -2.58. The van der Waals surface area contributed by atoms with Crippen LogP contribution in [0, 0.1) is 15.4 Å². The lowest BCUT2D eigenvalue weighted by atomic mass is 9.96. The first kappa shape index (κ1) is 14.8. The smallest absolute Gasteiger partial charge is 0.0247 e. The van der Waals surface area contributed by atoms with Gasteiger partial charge in [-0.2, -0.15) is 0 Å². The third-order valence-corrected chi connectivity index (χ3v) is 5.47. The molecule has 0 spiro atoms. The van der Waals surface area contributed by atoms with Crippen LogP contribution in [0.15, 0.2) is 24.3 Å². The van der Waals surface area contributed by atoms with Gasteiger partial charge in [0, 0.05) is 35.3 Å². The number of hydrogen-bond donors (Lipinski definition) is 1. The summed E-state index contributed by atoms with van der Waals surface area (Å²) < 4.78 is 1.32. The molecule has 0 radical (unpaired) electrons. The van der Waals surface area contributed by atoms with Gasteiger partial charge in [0.05, 0.1) is 0 Å². The zero-order valence-electron chi connectivity index (χ0n) is 12.5. The topological polar surface area (TPSA) is 15.3 Å². The molecule has 1 N–H and O–H groups in total. The lowest BCUT2D eigenvalue weighted by Gasteiger charge is -2.42. The number of hydrogen-bond acceptors (Lipinski definition) is 2. The third-order valence-electron chi connectivity index (χ3n) is 4.75. The van der Waals surface area contributed by atoms with E-state index in [0.717, 1.165) is 25.0 Å². The number of benzene rings is 1. The Kier molecular flexibility index (Phi) is 4.68. The van der Waals surface area contributed by atoms with Crippen LogP contribution in [0.5, 0.6) is 0 Å². The summed E-state index contributed by atoms with van der Waals surface area (Å²) in [6, 6.07) is 10.4. The van der Waals surface area contributed by atoms with E-state index in [2.05, 4.69) is 70.9 Å². The third kappa shape index (κ3) is 3.55. The fourth-order valence-corrected chi connectivity index (χ4v) is 3.69. The highest BCUT2D eigenvalue weighted by molar-refractivity contribution is 14.1. The molecule has 0 aromatic heterocycles. The number of nitrogens with one attached hydrogen (secondary N) is 1. The Morgan fingerprint density at radius 3 is 2.55 bits per heavy atom. The van der Waals surface area contributed by atoms with Crippen LogP contribution in [-0.2, 0) is 6.54 Å². The highest BCUT2D eigenvalue weighted by Crippen LogP contribution is 2.35. The molecule has 2 unspecified atom stereocenters. The van der Waals surface area contributed by atoms with Crippen molar-refractivity contribution < 1.29 is 0 Å². The summed E-state index contributed by atoms with van der Waals surface area (Å²) in [6.45, 7) is 8.18. The maximum Gasteiger partial charge on any atom is 0.0247 e. The maximum atomic E-state index is 3.79. The van der Waals surface area contributed by atoms with Crippen LogP contribution in [-0.4, -0.2) is 30.1 Å². The van der Waals surface area contributed by atoms with Crippen molar-refractivity contribution in [2.45, 2.75) is 45.3 Å². The van der Waals surface area contributed by atoms with Gasteiger partial charge in [0.1, 0.15) is 0 Å². The molecule has 0 amide bonds. The van der Waals surface area contributed by atoms with Gasteiger partial charge >= 0.3 is 0 Å². The fourth-order valence-electron chi connectivity index (χ4n) is 3.33. The molecule has 1 aromatic carbocycles. The molecular formula is C17H25IN2. The summed E-state index contributed by atoms with van der Waals surface area (Å²) in [5, 5.41) is 3.79. The largest absolute Gasteiger partial charge is 0.311 e. The van der Waals surface area contributed by atoms with Crippen LogP contribution in [0.2, 0.25) is 0 Å². The van der Waals surface area contributed by atoms with Gasteiger partial charge in [-0.15, -0.1) is 0 Å². The zero-order chi connectivity index (χ0) is 14.1. The molecular weight excluding hydrogens is 359 g/mol. The Balaban J connectivity index is 1.69. The molecule has 3 rings (SSSR count). The molecule has 0 bridgehead atoms. The summed E-state index contributed by atoms with van der Waals surface area (Å²) in [6.07, 6.45) is 2.86. The van der Waals surface area contributed by atoms with Crippen LogP contribution in [0.3, 0.4) is 0 Å². The van der Waals surface area contributed by atoms with E-state index in [-0.39, 0.29) is 0 Å². The van der Waals surface area contributed by atoms with Crippen LogP contribution < -0.4 is 5.32 Å². The van der Waals surface area contributed by atoms with Gasteiger partial charge in [-0.1, -0.05) is 26.0 Å². The first-order valence-electron chi connectivity index (χ1n) is 7.85. The van der Waals surface area contributed by atoms with Crippen LogP contribution >= 0.6 is 22.6 Å². The molecule has 1 saturated heterocycles. The molecule has 2 aliphatic rings. The van der Waals surface area contributed by atoms with Gasteiger partial charge in [0.2, 0.25) is 0 Å². The molecule has 2 atom stereocenters. The number of halogens is 1. The molecule has 1 aromatic rings. The van der Waals surface area contributed by atoms with E-state index < -0.39 is 0 Å². The van der Waals surface area contributed by atoms with Gasteiger partial charge in [-0.05, 0) is 65.0 Å². The van der Waals surface area contributed by atoms with E-state index in [1.807, 2.05) is 0 Å². The Bertz CT molecular complexity index is 439. The quantitative estimate of drug-likeness (QED) is 0.800. The first-order chi connectivity index (χ1) is 9.63. The molecule has 2 nitrogen and oxygen atoms in total. The summed E-state index contributed by atoms with van der Waals surface area (Å²) >= 11 is 2.38. The van der Waals surface area contributed by atoms with E-state index >= 15 is 0 Å². The average Bonchev–Trinajstić information content (AvgIpc) is 3.25. The van der Waals surface area contributed by atoms with Crippen molar-refractivity contribution in [2.75, 3.05) is 13.1 Å². The predicted molar refractivity (Wildman–Crippen MR) is 92.7 cm³/mol.